The lowest BCUT2D eigenvalue weighted by molar-refractivity contribution is -0.385. The Kier molecular flexibility index (Phi) is 5.63. The normalized spacial score (nSPS) is 16.8. The number of anilines is 1. The molecule has 6 heteroatoms. The maximum atomic E-state index is 12.4. The number of nitro benzene ring substituents is 1. The molecule has 0 aliphatic carbocycles. The molecule has 1 atom stereocenters. The first-order valence-corrected chi connectivity index (χ1v) is 8.89. The molecule has 26 heavy (non-hydrogen) atoms. The van der Waals surface area contributed by atoms with Gasteiger partial charge in [0.2, 0.25) is 5.91 Å². The molecule has 1 fully saturated rings. The number of carbonyl (C=O) groups excluding carboxylic acids is 1. The van der Waals surface area contributed by atoms with Crippen molar-refractivity contribution in [2.75, 3.05) is 18.4 Å². The van der Waals surface area contributed by atoms with Crippen LogP contribution < -0.4 is 5.32 Å². The Morgan fingerprint density at radius 1 is 1.15 bits per heavy atom. The van der Waals surface area contributed by atoms with Crippen LogP contribution in [0.2, 0.25) is 0 Å². The first-order chi connectivity index (χ1) is 12.5. The van der Waals surface area contributed by atoms with Crippen molar-refractivity contribution in [3.63, 3.8) is 0 Å². The fourth-order valence-electron chi connectivity index (χ4n) is 3.42. The first kappa shape index (κ1) is 18.1. The predicted octanol–water partition coefficient (Wildman–Crippen LogP) is 4.01. The average molecular weight is 353 g/mol. The molecule has 3 rings (SSSR count). The van der Waals surface area contributed by atoms with Gasteiger partial charge < -0.3 is 5.32 Å². The Morgan fingerprint density at radius 3 is 2.50 bits per heavy atom. The van der Waals surface area contributed by atoms with Crippen LogP contribution in [0, 0.1) is 16.0 Å². The largest absolute Gasteiger partial charge is 0.326 e. The summed E-state index contributed by atoms with van der Waals surface area (Å²) < 4.78 is 0. The van der Waals surface area contributed by atoms with Crippen LogP contribution in [-0.2, 0) is 4.79 Å². The molecule has 1 heterocycles. The van der Waals surface area contributed by atoms with Gasteiger partial charge in [-0.25, -0.2) is 0 Å². The van der Waals surface area contributed by atoms with Crippen molar-refractivity contribution < 1.29 is 9.72 Å². The second kappa shape index (κ2) is 8.10. The number of benzene rings is 2. The minimum atomic E-state index is -0.365. The summed E-state index contributed by atoms with van der Waals surface area (Å²) in [4.78, 5) is 25.3. The fourth-order valence-corrected chi connectivity index (χ4v) is 3.42. The highest BCUT2D eigenvalue weighted by molar-refractivity contribution is 5.92. The van der Waals surface area contributed by atoms with Crippen LogP contribution in [0.1, 0.15) is 31.4 Å². The second-order valence-electron chi connectivity index (χ2n) is 6.69. The third-order valence-corrected chi connectivity index (χ3v) is 5.05. The van der Waals surface area contributed by atoms with Crippen LogP contribution in [-0.4, -0.2) is 28.8 Å². The highest BCUT2D eigenvalue weighted by Gasteiger charge is 2.28. The summed E-state index contributed by atoms with van der Waals surface area (Å²) in [6.45, 7) is 3.66. The molecule has 1 unspecified atom stereocenters. The zero-order chi connectivity index (χ0) is 18.5. The number of rotatable bonds is 5. The molecule has 0 radical (unpaired) electrons. The van der Waals surface area contributed by atoms with E-state index >= 15 is 0 Å². The van der Waals surface area contributed by atoms with Crippen LogP contribution >= 0.6 is 0 Å². The van der Waals surface area contributed by atoms with Gasteiger partial charge in [0.05, 0.1) is 4.92 Å². The number of non-ortho nitro benzene ring substituents is 1. The third-order valence-electron chi connectivity index (χ3n) is 5.05. The van der Waals surface area contributed by atoms with E-state index in [1.165, 1.54) is 6.07 Å². The van der Waals surface area contributed by atoms with Gasteiger partial charge in [0, 0.05) is 29.8 Å². The van der Waals surface area contributed by atoms with Crippen molar-refractivity contribution in [2.24, 2.45) is 5.92 Å². The highest BCUT2D eigenvalue weighted by Crippen LogP contribution is 2.29. The van der Waals surface area contributed by atoms with E-state index in [1.807, 2.05) is 36.4 Å². The molecular formula is C20H23N3O3. The highest BCUT2D eigenvalue weighted by atomic mass is 16.6. The van der Waals surface area contributed by atoms with Crippen molar-refractivity contribution in [2.45, 2.75) is 25.8 Å². The molecule has 2 aromatic carbocycles. The average Bonchev–Trinajstić information content (AvgIpc) is 2.68. The lowest BCUT2D eigenvalue weighted by atomic mass is 9.93. The van der Waals surface area contributed by atoms with Crippen LogP contribution in [0.25, 0.3) is 0 Å². The number of piperidine rings is 1. The minimum absolute atomic E-state index is 0.00349. The van der Waals surface area contributed by atoms with Crippen molar-refractivity contribution in [1.82, 2.24) is 4.90 Å². The van der Waals surface area contributed by atoms with Gasteiger partial charge in [0.1, 0.15) is 0 Å². The van der Waals surface area contributed by atoms with E-state index in [1.54, 1.807) is 12.1 Å². The van der Waals surface area contributed by atoms with Crippen molar-refractivity contribution in [1.29, 1.82) is 0 Å². The third kappa shape index (κ3) is 4.26. The summed E-state index contributed by atoms with van der Waals surface area (Å²) in [6, 6.07) is 16.4. The zero-order valence-corrected chi connectivity index (χ0v) is 14.8. The topological polar surface area (TPSA) is 75.5 Å². The molecule has 1 saturated heterocycles. The van der Waals surface area contributed by atoms with Crippen LogP contribution in [0.5, 0.6) is 0 Å². The smallest absolute Gasteiger partial charge is 0.269 e. The molecule has 0 spiro atoms. The molecule has 0 bridgehead atoms. The van der Waals surface area contributed by atoms with Crippen molar-refractivity contribution in [3.8, 4) is 0 Å². The quantitative estimate of drug-likeness (QED) is 0.651. The molecule has 6 nitrogen and oxygen atoms in total. The van der Waals surface area contributed by atoms with Crippen molar-refractivity contribution >= 4 is 17.3 Å². The molecule has 1 aliphatic heterocycles. The van der Waals surface area contributed by atoms with E-state index in [2.05, 4.69) is 17.1 Å². The summed E-state index contributed by atoms with van der Waals surface area (Å²) in [5.74, 6) is 0.0719. The Hall–Kier alpha value is -2.73. The molecule has 0 aromatic heterocycles. The van der Waals surface area contributed by atoms with Gasteiger partial charge in [-0.2, -0.15) is 0 Å². The SMILES string of the molecule is CC(c1cccc([N+](=O)[O-])c1)N1CCC(C(=O)Nc2ccccc2)CC1. The number of hydrogen-bond acceptors (Lipinski definition) is 4. The van der Waals surface area contributed by atoms with Crippen LogP contribution in [0.4, 0.5) is 11.4 Å². The molecule has 136 valence electrons. The number of likely N-dealkylation sites (tertiary alicyclic amines) is 1. The standard InChI is InChI=1S/C20H23N3O3/c1-15(17-6-5-9-19(14-17)23(25)26)22-12-10-16(11-13-22)20(24)21-18-7-3-2-4-8-18/h2-9,14-16H,10-13H2,1H3,(H,21,24). The van der Waals surface area contributed by atoms with Gasteiger partial charge >= 0.3 is 0 Å². The molecule has 1 aliphatic rings. The maximum Gasteiger partial charge on any atom is 0.269 e. The van der Waals surface area contributed by atoms with E-state index in [-0.39, 0.29) is 28.5 Å². The van der Waals surface area contributed by atoms with E-state index < -0.39 is 0 Å². The molecule has 2 aromatic rings. The molecule has 0 saturated carbocycles. The van der Waals surface area contributed by atoms with E-state index in [4.69, 9.17) is 0 Å². The summed E-state index contributed by atoms with van der Waals surface area (Å²) in [5, 5.41) is 13.9. The minimum Gasteiger partial charge on any atom is -0.326 e. The Bertz CT molecular complexity index is 771. The lowest BCUT2D eigenvalue weighted by Gasteiger charge is -2.35. The number of para-hydroxylation sites is 1. The number of amides is 1. The van der Waals surface area contributed by atoms with E-state index in [9.17, 15) is 14.9 Å². The molecule has 1 amide bonds. The summed E-state index contributed by atoms with van der Waals surface area (Å²) >= 11 is 0. The number of hydrogen-bond donors (Lipinski definition) is 1. The number of nitrogens with zero attached hydrogens (tertiary/aromatic N) is 2. The van der Waals surface area contributed by atoms with Crippen LogP contribution in [0.3, 0.4) is 0 Å². The Balaban J connectivity index is 1.57. The Labute approximate surface area is 153 Å². The van der Waals surface area contributed by atoms with Gasteiger partial charge in [0.15, 0.2) is 0 Å². The number of carbonyl (C=O) groups is 1. The Morgan fingerprint density at radius 2 is 1.85 bits per heavy atom. The molecule has 1 N–H and O–H groups in total. The van der Waals surface area contributed by atoms with Crippen LogP contribution in [0.15, 0.2) is 54.6 Å². The summed E-state index contributed by atoms with van der Waals surface area (Å²) in [7, 11) is 0. The number of nitrogens with one attached hydrogen (secondary N) is 1. The zero-order valence-electron chi connectivity index (χ0n) is 14.8. The van der Waals surface area contributed by atoms with E-state index in [0.717, 1.165) is 37.2 Å². The van der Waals surface area contributed by atoms with Gasteiger partial charge in [-0.05, 0) is 50.6 Å². The first-order valence-electron chi connectivity index (χ1n) is 8.89. The monoisotopic (exact) mass is 353 g/mol. The maximum absolute atomic E-state index is 12.4. The molecular weight excluding hydrogens is 330 g/mol. The van der Waals surface area contributed by atoms with Gasteiger partial charge in [0.25, 0.3) is 5.69 Å². The van der Waals surface area contributed by atoms with Gasteiger partial charge in [-0.3, -0.25) is 19.8 Å². The fraction of sp³-hybridized carbons (Fsp3) is 0.350. The lowest BCUT2D eigenvalue weighted by Crippen LogP contribution is -2.39. The predicted molar refractivity (Wildman–Crippen MR) is 101 cm³/mol. The van der Waals surface area contributed by atoms with Gasteiger partial charge in [-0.1, -0.05) is 30.3 Å². The van der Waals surface area contributed by atoms with Gasteiger partial charge in [-0.15, -0.1) is 0 Å². The number of nitro groups is 1. The summed E-state index contributed by atoms with van der Waals surface area (Å²) in [6.07, 6.45) is 1.58. The second-order valence-corrected chi connectivity index (χ2v) is 6.69. The summed E-state index contributed by atoms with van der Waals surface area (Å²) in [5.41, 5.74) is 1.88. The van der Waals surface area contributed by atoms with E-state index in [0.29, 0.717) is 0 Å². The van der Waals surface area contributed by atoms with Crippen molar-refractivity contribution in [3.05, 3.63) is 70.3 Å².